The van der Waals surface area contributed by atoms with Crippen molar-refractivity contribution in [3.8, 4) is 34.4 Å². The molecule has 0 atom stereocenters. The monoisotopic (exact) mass is 694 g/mol. The molecule has 0 bridgehead atoms. The summed E-state index contributed by atoms with van der Waals surface area (Å²) in [6.07, 6.45) is 0. The van der Waals surface area contributed by atoms with Crippen LogP contribution in [0.5, 0.6) is 23.0 Å². The minimum atomic E-state index is 0.662. The lowest BCUT2D eigenvalue weighted by Gasteiger charge is -2.23. The fourth-order valence-electron chi connectivity index (χ4n) is 8.84. The maximum Gasteiger partial charge on any atom is 0.194 e. The first kappa shape index (κ1) is 28.2. The second-order valence-electron chi connectivity index (χ2n) is 14.0. The van der Waals surface area contributed by atoms with Gasteiger partial charge < -0.3 is 27.4 Å². The van der Waals surface area contributed by atoms with Gasteiger partial charge in [-0.25, -0.2) is 0 Å². The van der Waals surface area contributed by atoms with Crippen molar-refractivity contribution in [1.29, 1.82) is 0 Å². The van der Waals surface area contributed by atoms with E-state index in [9.17, 15) is 0 Å². The molecular weight excluding hydrogens is 669 g/mol. The fourth-order valence-corrected chi connectivity index (χ4v) is 8.84. The molecule has 252 valence electrons. The van der Waals surface area contributed by atoms with Crippen molar-refractivity contribution >= 4 is 87.5 Å². The summed E-state index contributed by atoms with van der Waals surface area (Å²) in [5.41, 5.74) is 9.56. The molecule has 54 heavy (non-hydrogen) atoms. The van der Waals surface area contributed by atoms with Gasteiger partial charge in [0.1, 0.15) is 33.4 Å². The van der Waals surface area contributed by atoms with E-state index in [1.807, 2.05) is 36.4 Å². The van der Waals surface area contributed by atoms with Crippen molar-refractivity contribution in [1.82, 2.24) is 9.13 Å². The molecule has 1 aliphatic heterocycles. The molecule has 5 heterocycles. The van der Waals surface area contributed by atoms with Crippen LogP contribution >= 0.6 is 0 Å². The highest BCUT2D eigenvalue weighted by molar-refractivity contribution is 6.15. The zero-order valence-corrected chi connectivity index (χ0v) is 28.5. The van der Waals surface area contributed by atoms with Gasteiger partial charge in [0, 0.05) is 54.5 Å². The summed E-state index contributed by atoms with van der Waals surface area (Å²) in [4.78, 5) is 0. The third-order valence-corrected chi connectivity index (χ3v) is 11.2. The molecule has 0 fully saturated rings. The molecule has 6 heteroatoms. The van der Waals surface area contributed by atoms with E-state index in [4.69, 9.17) is 18.3 Å². The SMILES string of the molecule is c1ccc2c(c1)oc1ccc(-n3c4ccccc4c4ccc5c(c43)Oc3ccc4c6ccccc6n(-c6ccc7oc8ccccc8c7c6)c4c3O5)cc12. The topological polar surface area (TPSA) is 54.6 Å². The minimum absolute atomic E-state index is 0.662. The van der Waals surface area contributed by atoms with E-state index < -0.39 is 0 Å². The fraction of sp³-hybridized carbons (Fsp3) is 0. The number of nitrogens with zero attached hydrogens (tertiary/aromatic N) is 2. The molecule has 0 saturated carbocycles. The first-order valence-electron chi connectivity index (χ1n) is 18.1. The highest BCUT2D eigenvalue weighted by atomic mass is 16.6. The quantitative estimate of drug-likeness (QED) is 0.181. The third kappa shape index (κ3) is 3.63. The number of fused-ring (bicyclic) bond motifs is 16. The van der Waals surface area contributed by atoms with Crippen LogP contribution in [0.1, 0.15) is 0 Å². The predicted octanol–water partition coefficient (Wildman–Crippen LogP) is 13.6. The second kappa shape index (κ2) is 10.1. The van der Waals surface area contributed by atoms with E-state index in [0.717, 1.165) is 98.9 Å². The summed E-state index contributed by atoms with van der Waals surface area (Å²) in [7, 11) is 0. The molecule has 0 unspecified atom stereocenters. The highest BCUT2D eigenvalue weighted by Crippen LogP contribution is 2.54. The normalized spacial score (nSPS) is 12.7. The Balaban J connectivity index is 1.06. The lowest BCUT2D eigenvalue weighted by atomic mass is 10.1. The Hall–Kier alpha value is -7.44. The van der Waals surface area contributed by atoms with Crippen molar-refractivity contribution in [2.75, 3.05) is 0 Å². The van der Waals surface area contributed by atoms with Gasteiger partial charge in [0.25, 0.3) is 0 Å². The molecule has 6 nitrogen and oxygen atoms in total. The van der Waals surface area contributed by atoms with E-state index in [1.165, 1.54) is 0 Å². The highest BCUT2D eigenvalue weighted by Gasteiger charge is 2.30. The van der Waals surface area contributed by atoms with Gasteiger partial charge in [0.2, 0.25) is 0 Å². The predicted molar refractivity (Wildman–Crippen MR) is 216 cm³/mol. The number of rotatable bonds is 2. The summed E-state index contributed by atoms with van der Waals surface area (Å²) >= 11 is 0. The van der Waals surface area contributed by atoms with Gasteiger partial charge in [-0.05, 0) is 84.9 Å². The van der Waals surface area contributed by atoms with Crippen molar-refractivity contribution in [3.05, 3.63) is 158 Å². The summed E-state index contributed by atoms with van der Waals surface area (Å²) < 4.78 is 31.1. The average Bonchev–Trinajstić information content (AvgIpc) is 3.97. The Morgan fingerprint density at radius 1 is 0.315 bits per heavy atom. The van der Waals surface area contributed by atoms with Crippen molar-refractivity contribution < 1.29 is 18.3 Å². The van der Waals surface area contributed by atoms with Crippen LogP contribution in [0, 0.1) is 0 Å². The summed E-state index contributed by atoms with van der Waals surface area (Å²) in [5, 5.41) is 8.76. The molecule has 8 aromatic carbocycles. The van der Waals surface area contributed by atoms with E-state index in [0.29, 0.717) is 23.0 Å². The van der Waals surface area contributed by atoms with Gasteiger partial charge >= 0.3 is 0 Å². The summed E-state index contributed by atoms with van der Waals surface area (Å²) in [6, 6.07) is 54.6. The van der Waals surface area contributed by atoms with Crippen LogP contribution < -0.4 is 9.47 Å². The molecular formula is C48H26N2O4. The lowest BCUT2D eigenvalue weighted by molar-refractivity contribution is 0.365. The van der Waals surface area contributed by atoms with Crippen LogP contribution in [0.2, 0.25) is 0 Å². The first-order chi connectivity index (χ1) is 26.8. The number of aromatic nitrogens is 2. The number of hydrogen-bond acceptors (Lipinski definition) is 4. The molecule has 0 aliphatic carbocycles. The van der Waals surface area contributed by atoms with Crippen LogP contribution in [-0.2, 0) is 0 Å². The Kier molecular flexibility index (Phi) is 5.28. The van der Waals surface area contributed by atoms with Gasteiger partial charge in [0.05, 0.1) is 11.0 Å². The van der Waals surface area contributed by atoms with Crippen LogP contribution in [0.15, 0.2) is 167 Å². The van der Waals surface area contributed by atoms with Crippen molar-refractivity contribution in [3.63, 3.8) is 0 Å². The molecule has 0 spiro atoms. The van der Waals surface area contributed by atoms with E-state index in [1.54, 1.807) is 0 Å². The molecule has 1 aliphatic rings. The summed E-state index contributed by atoms with van der Waals surface area (Å²) in [6.45, 7) is 0. The molecule has 0 saturated heterocycles. The first-order valence-corrected chi connectivity index (χ1v) is 18.1. The van der Waals surface area contributed by atoms with Crippen molar-refractivity contribution in [2.45, 2.75) is 0 Å². The largest absolute Gasteiger partial charge is 0.456 e. The average molecular weight is 695 g/mol. The minimum Gasteiger partial charge on any atom is -0.456 e. The van der Waals surface area contributed by atoms with Crippen molar-refractivity contribution in [2.24, 2.45) is 0 Å². The summed E-state index contributed by atoms with van der Waals surface area (Å²) in [5.74, 6) is 2.69. The number of furan rings is 2. The Bertz CT molecular complexity index is 3340. The number of para-hydroxylation sites is 4. The van der Waals surface area contributed by atoms with E-state index >= 15 is 0 Å². The molecule has 0 amide bonds. The van der Waals surface area contributed by atoms with Gasteiger partial charge in [-0.3, -0.25) is 0 Å². The molecule has 0 radical (unpaired) electrons. The maximum absolute atomic E-state index is 7.04. The Labute approximate surface area is 306 Å². The van der Waals surface area contributed by atoms with Crippen LogP contribution in [0.4, 0.5) is 0 Å². The number of benzene rings is 8. The lowest BCUT2D eigenvalue weighted by Crippen LogP contribution is -2.04. The standard InChI is InChI=1S/C48H26N2O4/c1-5-13-37-29(9-1)33-19-23-43-47(45(33)49(37)27-17-21-41-35(25-27)31-11-3-7-15-39(31)51-41)53-44-24-20-34-30-10-2-6-14-38(30)50(46(34)48(44)54-43)28-18-22-42-36(26-28)32-12-4-8-16-40(32)52-42/h1-26H. The Morgan fingerprint density at radius 3 is 1.20 bits per heavy atom. The van der Waals surface area contributed by atoms with Crippen LogP contribution in [0.25, 0.3) is 98.9 Å². The zero-order valence-electron chi connectivity index (χ0n) is 28.5. The molecule has 0 N–H and O–H groups in total. The Morgan fingerprint density at radius 2 is 0.722 bits per heavy atom. The number of ether oxygens (including phenoxy) is 2. The third-order valence-electron chi connectivity index (χ3n) is 11.2. The maximum atomic E-state index is 7.04. The second-order valence-corrected chi connectivity index (χ2v) is 14.0. The smallest absolute Gasteiger partial charge is 0.194 e. The van der Waals surface area contributed by atoms with Gasteiger partial charge in [-0.1, -0.05) is 72.8 Å². The van der Waals surface area contributed by atoms with Crippen LogP contribution in [0.3, 0.4) is 0 Å². The van der Waals surface area contributed by atoms with Gasteiger partial charge in [-0.2, -0.15) is 0 Å². The molecule has 13 rings (SSSR count). The van der Waals surface area contributed by atoms with Crippen LogP contribution in [-0.4, -0.2) is 9.13 Å². The van der Waals surface area contributed by atoms with Gasteiger partial charge in [0.15, 0.2) is 23.0 Å². The zero-order chi connectivity index (χ0) is 35.1. The molecule has 4 aromatic heterocycles. The molecule has 12 aromatic rings. The number of hydrogen-bond donors (Lipinski definition) is 0. The van der Waals surface area contributed by atoms with E-state index in [-0.39, 0.29) is 0 Å². The van der Waals surface area contributed by atoms with Gasteiger partial charge in [-0.15, -0.1) is 0 Å². The van der Waals surface area contributed by atoms with E-state index in [2.05, 4.69) is 130 Å².